The maximum absolute atomic E-state index is 12.7. The number of hydrogen-bond acceptors (Lipinski definition) is 6. The molecule has 1 saturated heterocycles. The molecule has 0 atom stereocenters. The van der Waals surface area contributed by atoms with Crippen molar-refractivity contribution in [1.29, 1.82) is 0 Å². The second-order valence-corrected chi connectivity index (χ2v) is 8.69. The molecule has 172 valence electrons. The first-order valence-electron chi connectivity index (χ1n) is 9.93. The van der Waals surface area contributed by atoms with Gasteiger partial charge in [-0.3, -0.25) is 4.79 Å². The number of ether oxygens (including phenoxy) is 3. The molecule has 0 unspecified atom stereocenters. The van der Waals surface area contributed by atoms with E-state index in [-0.39, 0.29) is 41.9 Å². The van der Waals surface area contributed by atoms with Crippen molar-refractivity contribution in [1.82, 2.24) is 4.31 Å². The molecule has 0 aliphatic carbocycles. The van der Waals surface area contributed by atoms with E-state index in [1.54, 1.807) is 6.92 Å². The van der Waals surface area contributed by atoms with Crippen LogP contribution in [0.25, 0.3) is 6.08 Å². The molecule has 1 aliphatic rings. The minimum Gasteiger partial charge on any atom is -0.490 e. The molecule has 0 N–H and O–H groups in total. The van der Waals surface area contributed by atoms with Crippen LogP contribution in [0.2, 0.25) is 0 Å². The number of morpholine rings is 1. The Morgan fingerprint density at radius 3 is 2.44 bits per heavy atom. The van der Waals surface area contributed by atoms with Crippen molar-refractivity contribution in [2.75, 3.05) is 32.9 Å². The third-order valence-corrected chi connectivity index (χ3v) is 6.57. The molecule has 2 aromatic rings. The predicted octanol–water partition coefficient (Wildman–Crippen LogP) is 3.60. The smallest absolute Gasteiger partial charge is 0.387 e. The van der Waals surface area contributed by atoms with Gasteiger partial charge in [0.1, 0.15) is 0 Å². The fourth-order valence-electron chi connectivity index (χ4n) is 3.09. The molecule has 32 heavy (non-hydrogen) atoms. The van der Waals surface area contributed by atoms with Crippen LogP contribution in [0.1, 0.15) is 22.8 Å². The molecule has 1 aliphatic heterocycles. The number of allylic oxidation sites excluding steroid dienone is 1. The van der Waals surface area contributed by atoms with Crippen molar-refractivity contribution in [3.05, 3.63) is 59.7 Å². The maximum atomic E-state index is 12.7. The molecule has 10 heteroatoms. The summed E-state index contributed by atoms with van der Waals surface area (Å²) in [7, 11) is -3.64. The highest BCUT2D eigenvalue weighted by molar-refractivity contribution is 7.89. The van der Waals surface area contributed by atoms with E-state index in [9.17, 15) is 22.0 Å². The molecule has 3 rings (SSSR count). The first-order valence-corrected chi connectivity index (χ1v) is 11.4. The largest absolute Gasteiger partial charge is 0.490 e. The van der Waals surface area contributed by atoms with Gasteiger partial charge in [0.25, 0.3) is 0 Å². The number of sulfonamides is 1. The van der Waals surface area contributed by atoms with Gasteiger partial charge in [-0.05, 0) is 55.0 Å². The van der Waals surface area contributed by atoms with Crippen LogP contribution in [0.3, 0.4) is 0 Å². The normalized spacial score (nSPS) is 15.2. The van der Waals surface area contributed by atoms with Gasteiger partial charge in [-0.25, -0.2) is 8.42 Å². The van der Waals surface area contributed by atoms with Gasteiger partial charge < -0.3 is 14.2 Å². The van der Waals surface area contributed by atoms with E-state index in [0.717, 1.165) is 0 Å². The number of carbonyl (C=O) groups is 1. The Labute approximate surface area is 185 Å². The van der Waals surface area contributed by atoms with Crippen LogP contribution < -0.4 is 9.47 Å². The lowest BCUT2D eigenvalue weighted by atomic mass is 10.1. The highest BCUT2D eigenvalue weighted by atomic mass is 32.2. The molecule has 0 amide bonds. The molecule has 0 saturated carbocycles. The van der Waals surface area contributed by atoms with Crippen molar-refractivity contribution < 1.29 is 36.2 Å². The lowest BCUT2D eigenvalue weighted by Crippen LogP contribution is -2.40. The van der Waals surface area contributed by atoms with E-state index in [1.807, 2.05) is 0 Å². The monoisotopic (exact) mass is 467 g/mol. The second-order valence-electron chi connectivity index (χ2n) is 6.76. The van der Waals surface area contributed by atoms with Gasteiger partial charge in [0, 0.05) is 18.7 Å². The van der Waals surface area contributed by atoms with Gasteiger partial charge in [0.15, 0.2) is 17.3 Å². The third-order valence-electron chi connectivity index (χ3n) is 4.66. The van der Waals surface area contributed by atoms with Gasteiger partial charge in [-0.1, -0.05) is 12.1 Å². The lowest BCUT2D eigenvalue weighted by molar-refractivity contribution is -0.0514. The lowest BCUT2D eigenvalue weighted by Gasteiger charge is -2.26. The third kappa shape index (κ3) is 5.90. The van der Waals surface area contributed by atoms with Crippen LogP contribution >= 0.6 is 0 Å². The highest BCUT2D eigenvalue weighted by Gasteiger charge is 2.26. The van der Waals surface area contributed by atoms with Crippen LogP contribution in [0.5, 0.6) is 11.5 Å². The molecule has 1 fully saturated rings. The SMILES string of the molecule is CCOc1cc(C=CC(=O)c2ccc(S(=O)(=O)N3CCOCC3)cc2)ccc1OC(F)F. The fraction of sp³-hybridized carbons (Fsp3) is 0.318. The Balaban J connectivity index is 1.72. The number of alkyl halides is 2. The maximum Gasteiger partial charge on any atom is 0.387 e. The summed E-state index contributed by atoms with van der Waals surface area (Å²) in [5.41, 5.74) is 0.861. The number of carbonyl (C=O) groups excluding carboxylic acids is 1. The van der Waals surface area contributed by atoms with Gasteiger partial charge in [0.05, 0.1) is 24.7 Å². The van der Waals surface area contributed by atoms with E-state index in [2.05, 4.69) is 4.74 Å². The Morgan fingerprint density at radius 1 is 1.12 bits per heavy atom. The van der Waals surface area contributed by atoms with Crippen LogP contribution in [-0.2, 0) is 14.8 Å². The van der Waals surface area contributed by atoms with E-state index >= 15 is 0 Å². The zero-order chi connectivity index (χ0) is 23.1. The molecular formula is C22H23F2NO6S. The zero-order valence-corrected chi connectivity index (χ0v) is 18.2. The van der Waals surface area contributed by atoms with E-state index in [0.29, 0.717) is 24.3 Å². The van der Waals surface area contributed by atoms with Gasteiger partial charge in [0.2, 0.25) is 10.0 Å². The first kappa shape index (κ1) is 23.8. The summed E-state index contributed by atoms with van der Waals surface area (Å²) in [5.74, 6) is -0.298. The summed E-state index contributed by atoms with van der Waals surface area (Å²) in [6.07, 6.45) is 2.82. The molecular weight excluding hydrogens is 444 g/mol. The Morgan fingerprint density at radius 2 is 1.81 bits per heavy atom. The predicted molar refractivity (Wildman–Crippen MR) is 114 cm³/mol. The molecule has 7 nitrogen and oxygen atoms in total. The Hall–Kier alpha value is -2.82. The Kier molecular flexibility index (Phi) is 7.94. The van der Waals surface area contributed by atoms with Crippen LogP contribution in [0.4, 0.5) is 8.78 Å². The number of halogens is 2. The van der Waals surface area contributed by atoms with E-state index < -0.39 is 16.6 Å². The molecule has 0 bridgehead atoms. The number of rotatable bonds is 9. The standard InChI is InChI=1S/C22H23F2NO6S/c1-2-30-21-15-16(4-10-20(21)31-22(23)24)3-9-19(26)17-5-7-18(8-6-17)32(27,28)25-11-13-29-14-12-25/h3-10,15,22H,2,11-14H2,1H3. The van der Waals surface area contributed by atoms with Crippen molar-refractivity contribution in [3.63, 3.8) is 0 Å². The van der Waals surface area contributed by atoms with Crippen molar-refractivity contribution in [2.24, 2.45) is 0 Å². The van der Waals surface area contributed by atoms with Gasteiger partial charge in [-0.2, -0.15) is 13.1 Å². The fourth-order valence-corrected chi connectivity index (χ4v) is 4.49. The zero-order valence-electron chi connectivity index (χ0n) is 17.4. The minimum atomic E-state index is -3.64. The quantitative estimate of drug-likeness (QED) is 0.414. The molecule has 2 aromatic carbocycles. The summed E-state index contributed by atoms with van der Waals surface area (Å²) in [5, 5.41) is 0. The minimum absolute atomic E-state index is 0.0950. The first-order chi connectivity index (χ1) is 15.3. The summed E-state index contributed by atoms with van der Waals surface area (Å²) in [6, 6.07) is 10.0. The van der Waals surface area contributed by atoms with Gasteiger partial charge in [-0.15, -0.1) is 0 Å². The molecule has 1 heterocycles. The number of benzene rings is 2. The second kappa shape index (κ2) is 10.7. The summed E-state index contributed by atoms with van der Waals surface area (Å²) in [6.45, 7) is 0.258. The average molecular weight is 467 g/mol. The van der Waals surface area contributed by atoms with Crippen LogP contribution in [0, 0.1) is 0 Å². The summed E-state index contributed by atoms with van der Waals surface area (Å²) < 4.78 is 66.6. The van der Waals surface area contributed by atoms with Gasteiger partial charge >= 0.3 is 6.61 Å². The van der Waals surface area contributed by atoms with Crippen molar-refractivity contribution in [2.45, 2.75) is 18.4 Å². The summed E-state index contributed by atoms with van der Waals surface area (Å²) in [4.78, 5) is 12.6. The topological polar surface area (TPSA) is 82.1 Å². The van der Waals surface area contributed by atoms with E-state index in [4.69, 9.17) is 9.47 Å². The van der Waals surface area contributed by atoms with Crippen molar-refractivity contribution in [3.8, 4) is 11.5 Å². The van der Waals surface area contributed by atoms with Crippen LogP contribution in [0.15, 0.2) is 53.4 Å². The molecule has 0 spiro atoms. The van der Waals surface area contributed by atoms with E-state index in [1.165, 1.54) is 58.9 Å². The number of hydrogen-bond donors (Lipinski definition) is 0. The Bertz CT molecular complexity index is 1060. The summed E-state index contributed by atoms with van der Waals surface area (Å²) >= 11 is 0. The van der Waals surface area contributed by atoms with Crippen LogP contribution in [-0.4, -0.2) is 58.0 Å². The average Bonchev–Trinajstić information content (AvgIpc) is 2.79. The number of nitrogens with zero attached hydrogens (tertiary/aromatic N) is 1. The van der Waals surface area contributed by atoms with Crippen molar-refractivity contribution >= 4 is 21.9 Å². The highest BCUT2D eigenvalue weighted by Crippen LogP contribution is 2.30. The number of ketones is 1. The molecule has 0 radical (unpaired) electrons. The molecule has 0 aromatic heterocycles.